The van der Waals surface area contributed by atoms with Crippen LogP contribution in [0, 0.1) is 0 Å². The molecular weight excluding hydrogens is 350 g/mol. The van der Waals surface area contributed by atoms with Crippen LogP contribution in [-0.4, -0.2) is 25.4 Å². The maximum absolute atomic E-state index is 12.4. The van der Waals surface area contributed by atoms with Crippen molar-refractivity contribution in [1.82, 2.24) is 14.4 Å². The number of thiazole rings is 1. The number of carbonyl (C=O) groups is 1. The molecule has 3 aromatic rings. The zero-order valence-electron chi connectivity index (χ0n) is 14.5. The standard InChI is InChI=1S/C19H19N3O3S/c1-12(2)15-11-26-17(21-15)5-3-13-7-8-22-16(9-13)20-10-14(19(22)25)4-6-18(23)24/h4,6-12H,3,5H2,1-2H3,(H,23,24). The van der Waals surface area contributed by atoms with Crippen LogP contribution in [0.3, 0.4) is 0 Å². The molecule has 0 unspecified atom stereocenters. The molecule has 0 aliphatic rings. The Morgan fingerprint density at radius 1 is 1.38 bits per heavy atom. The maximum atomic E-state index is 12.4. The Morgan fingerprint density at radius 3 is 2.88 bits per heavy atom. The van der Waals surface area contributed by atoms with Gasteiger partial charge in [0.25, 0.3) is 5.56 Å². The Labute approximate surface area is 154 Å². The number of pyridine rings is 1. The molecule has 0 atom stereocenters. The van der Waals surface area contributed by atoms with E-state index in [9.17, 15) is 9.59 Å². The lowest BCUT2D eigenvalue weighted by Gasteiger charge is -2.05. The molecule has 6 nitrogen and oxygen atoms in total. The lowest BCUT2D eigenvalue weighted by Crippen LogP contribution is -2.17. The molecule has 7 heteroatoms. The summed E-state index contributed by atoms with van der Waals surface area (Å²) in [5.74, 6) is -0.672. The molecule has 0 radical (unpaired) electrons. The van der Waals surface area contributed by atoms with Gasteiger partial charge < -0.3 is 5.11 Å². The molecule has 0 aromatic carbocycles. The fraction of sp³-hybridized carbons (Fsp3) is 0.263. The number of nitrogens with zero attached hydrogens (tertiary/aromatic N) is 3. The quantitative estimate of drug-likeness (QED) is 0.675. The third-order valence-corrected chi connectivity index (χ3v) is 4.92. The van der Waals surface area contributed by atoms with Gasteiger partial charge in [-0.2, -0.15) is 0 Å². The number of carboxylic acid groups (broad SMARTS) is 1. The van der Waals surface area contributed by atoms with Crippen molar-refractivity contribution in [3.05, 3.63) is 68.2 Å². The first-order chi connectivity index (χ1) is 12.4. The number of aromatic nitrogens is 3. The summed E-state index contributed by atoms with van der Waals surface area (Å²) in [7, 11) is 0. The minimum Gasteiger partial charge on any atom is -0.478 e. The molecule has 3 rings (SSSR count). The number of carboxylic acids is 1. The molecule has 0 aliphatic carbocycles. The van der Waals surface area contributed by atoms with E-state index in [1.54, 1.807) is 17.5 Å². The Hall–Kier alpha value is -2.80. The fourth-order valence-corrected chi connectivity index (χ4v) is 3.48. The minimum absolute atomic E-state index is 0.238. The Balaban J connectivity index is 1.79. The monoisotopic (exact) mass is 369 g/mol. The molecule has 0 fully saturated rings. The number of aryl methyl sites for hydroxylation is 2. The van der Waals surface area contributed by atoms with Crippen LogP contribution in [0.5, 0.6) is 0 Å². The number of fused-ring (bicyclic) bond motifs is 1. The Bertz CT molecular complexity index is 1030. The highest BCUT2D eigenvalue weighted by Crippen LogP contribution is 2.19. The van der Waals surface area contributed by atoms with Crippen LogP contribution < -0.4 is 5.56 Å². The van der Waals surface area contributed by atoms with Crippen LogP contribution in [0.2, 0.25) is 0 Å². The first-order valence-corrected chi connectivity index (χ1v) is 9.17. The molecule has 0 saturated carbocycles. The molecule has 26 heavy (non-hydrogen) atoms. The SMILES string of the molecule is CC(C)c1csc(CCc2ccn3c(=O)c(C=CC(=O)O)cnc3c2)n1. The van der Waals surface area contributed by atoms with Gasteiger partial charge >= 0.3 is 5.97 Å². The summed E-state index contributed by atoms with van der Waals surface area (Å²) in [6.45, 7) is 4.26. The largest absolute Gasteiger partial charge is 0.478 e. The van der Waals surface area contributed by atoms with Crippen LogP contribution >= 0.6 is 11.3 Å². The van der Waals surface area contributed by atoms with Crippen molar-refractivity contribution in [2.24, 2.45) is 0 Å². The molecule has 3 heterocycles. The van der Waals surface area contributed by atoms with Gasteiger partial charge in [0.1, 0.15) is 5.65 Å². The normalized spacial score (nSPS) is 11.7. The van der Waals surface area contributed by atoms with E-state index in [1.165, 1.54) is 16.7 Å². The highest BCUT2D eigenvalue weighted by atomic mass is 32.1. The van der Waals surface area contributed by atoms with Crippen LogP contribution in [0.15, 0.2) is 40.8 Å². The summed E-state index contributed by atoms with van der Waals surface area (Å²) < 4.78 is 1.42. The van der Waals surface area contributed by atoms with Gasteiger partial charge in [-0.3, -0.25) is 9.20 Å². The lowest BCUT2D eigenvalue weighted by atomic mass is 10.1. The Morgan fingerprint density at radius 2 is 2.19 bits per heavy atom. The molecule has 0 saturated heterocycles. The third kappa shape index (κ3) is 4.05. The average molecular weight is 369 g/mol. The summed E-state index contributed by atoms with van der Waals surface area (Å²) in [5, 5.41) is 11.9. The van der Waals surface area contributed by atoms with E-state index in [0.717, 1.165) is 35.2 Å². The van der Waals surface area contributed by atoms with Crippen molar-refractivity contribution in [2.45, 2.75) is 32.6 Å². The van der Waals surface area contributed by atoms with Gasteiger partial charge in [0, 0.05) is 30.3 Å². The highest BCUT2D eigenvalue weighted by molar-refractivity contribution is 7.09. The summed E-state index contributed by atoms with van der Waals surface area (Å²) >= 11 is 1.68. The van der Waals surface area contributed by atoms with Crippen LogP contribution in [0.4, 0.5) is 0 Å². The zero-order chi connectivity index (χ0) is 18.7. The topological polar surface area (TPSA) is 84.6 Å². The minimum atomic E-state index is -1.10. The van der Waals surface area contributed by atoms with E-state index >= 15 is 0 Å². The van der Waals surface area contributed by atoms with Crippen molar-refractivity contribution in [3.8, 4) is 0 Å². The van der Waals surface area contributed by atoms with E-state index in [0.29, 0.717) is 11.6 Å². The second kappa shape index (κ2) is 7.61. The summed E-state index contributed by atoms with van der Waals surface area (Å²) in [4.78, 5) is 31.9. The van der Waals surface area contributed by atoms with Crippen molar-refractivity contribution >= 4 is 29.0 Å². The van der Waals surface area contributed by atoms with E-state index < -0.39 is 5.97 Å². The van der Waals surface area contributed by atoms with E-state index in [4.69, 9.17) is 5.11 Å². The second-order valence-corrected chi connectivity index (χ2v) is 7.22. The van der Waals surface area contributed by atoms with E-state index in [-0.39, 0.29) is 11.1 Å². The molecule has 0 bridgehead atoms. The maximum Gasteiger partial charge on any atom is 0.328 e. The second-order valence-electron chi connectivity index (χ2n) is 6.27. The number of hydrogen-bond acceptors (Lipinski definition) is 5. The summed E-state index contributed by atoms with van der Waals surface area (Å²) in [6, 6.07) is 3.76. The number of aliphatic carboxylic acids is 1. The summed E-state index contributed by atoms with van der Waals surface area (Å²) in [6.07, 6.45) is 6.93. The molecule has 0 aliphatic heterocycles. The van der Waals surface area contributed by atoms with Crippen LogP contribution in [0.1, 0.15) is 41.6 Å². The van der Waals surface area contributed by atoms with Gasteiger partial charge in [-0.05, 0) is 36.1 Å². The van der Waals surface area contributed by atoms with Crippen LogP contribution in [-0.2, 0) is 17.6 Å². The van der Waals surface area contributed by atoms with Gasteiger partial charge in [-0.15, -0.1) is 11.3 Å². The summed E-state index contributed by atoms with van der Waals surface area (Å²) in [5.41, 5.74) is 2.69. The first-order valence-electron chi connectivity index (χ1n) is 8.29. The molecule has 1 N–H and O–H groups in total. The van der Waals surface area contributed by atoms with Gasteiger partial charge in [0.2, 0.25) is 0 Å². The van der Waals surface area contributed by atoms with Gasteiger partial charge in [-0.25, -0.2) is 14.8 Å². The molecule has 134 valence electrons. The number of hydrogen-bond donors (Lipinski definition) is 1. The fourth-order valence-electron chi connectivity index (χ4n) is 2.52. The van der Waals surface area contributed by atoms with Gasteiger partial charge in [-0.1, -0.05) is 13.8 Å². The van der Waals surface area contributed by atoms with E-state index in [1.807, 2.05) is 12.1 Å². The predicted molar refractivity (Wildman–Crippen MR) is 102 cm³/mol. The predicted octanol–water partition coefficient (Wildman–Crippen LogP) is 3.16. The molecule has 3 aromatic heterocycles. The molecule has 0 amide bonds. The van der Waals surface area contributed by atoms with Crippen LogP contribution in [0.25, 0.3) is 11.7 Å². The van der Waals surface area contributed by atoms with Crippen molar-refractivity contribution in [1.29, 1.82) is 0 Å². The van der Waals surface area contributed by atoms with Crippen molar-refractivity contribution < 1.29 is 9.90 Å². The lowest BCUT2D eigenvalue weighted by molar-refractivity contribution is -0.131. The van der Waals surface area contributed by atoms with E-state index in [2.05, 4.69) is 29.2 Å². The number of rotatable bonds is 6. The Kier molecular flexibility index (Phi) is 5.27. The van der Waals surface area contributed by atoms with Crippen molar-refractivity contribution in [3.63, 3.8) is 0 Å². The van der Waals surface area contributed by atoms with Crippen molar-refractivity contribution in [2.75, 3.05) is 0 Å². The van der Waals surface area contributed by atoms with Gasteiger partial charge in [0.05, 0.1) is 16.3 Å². The first kappa shape index (κ1) is 18.0. The average Bonchev–Trinajstić information content (AvgIpc) is 3.08. The molecule has 0 spiro atoms. The third-order valence-electron chi connectivity index (χ3n) is 3.99. The van der Waals surface area contributed by atoms with Gasteiger partial charge in [0.15, 0.2) is 0 Å². The zero-order valence-corrected chi connectivity index (χ0v) is 15.4. The highest BCUT2D eigenvalue weighted by Gasteiger charge is 2.07. The smallest absolute Gasteiger partial charge is 0.328 e. The molecular formula is C19H19N3O3S.